The van der Waals surface area contributed by atoms with Gasteiger partial charge in [-0.25, -0.2) is 0 Å². The number of carbonyl (C=O) groups is 1. The highest BCUT2D eigenvalue weighted by Crippen LogP contribution is 2.28. The molecular formula is C15H28N2O. The topological polar surface area (TPSA) is 46.3 Å². The van der Waals surface area contributed by atoms with Crippen LogP contribution in [0.4, 0.5) is 0 Å². The van der Waals surface area contributed by atoms with E-state index in [-0.39, 0.29) is 0 Å². The second-order valence-electron chi connectivity index (χ2n) is 6.23. The Morgan fingerprint density at radius 3 is 2.78 bits per heavy atom. The second kappa shape index (κ2) is 6.55. The second-order valence-corrected chi connectivity index (χ2v) is 6.23. The van der Waals surface area contributed by atoms with Gasteiger partial charge in [0.1, 0.15) is 0 Å². The van der Waals surface area contributed by atoms with Crippen LogP contribution >= 0.6 is 0 Å². The molecule has 0 aromatic carbocycles. The molecule has 18 heavy (non-hydrogen) atoms. The number of rotatable bonds is 4. The molecule has 3 nitrogen and oxygen atoms in total. The first-order valence-corrected chi connectivity index (χ1v) is 7.72. The van der Waals surface area contributed by atoms with E-state index in [1.807, 2.05) is 0 Å². The number of likely N-dealkylation sites (tertiary alicyclic amines) is 1. The highest BCUT2D eigenvalue weighted by molar-refractivity contribution is 5.76. The maximum Gasteiger partial charge on any atom is 0.222 e. The van der Waals surface area contributed by atoms with E-state index in [0.29, 0.717) is 17.9 Å². The fourth-order valence-corrected chi connectivity index (χ4v) is 3.47. The van der Waals surface area contributed by atoms with Crippen LogP contribution in [-0.2, 0) is 4.79 Å². The van der Waals surface area contributed by atoms with Crippen LogP contribution in [0.2, 0.25) is 0 Å². The Labute approximate surface area is 111 Å². The van der Waals surface area contributed by atoms with Gasteiger partial charge in [-0.05, 0) is 37.5 Å². The zero-order valence-corrected chi connectivity index (χ0v) is 11.7. The molecular weight excluding hydrogens is 224 g/mol. The quantitative estimate of drug-likeness (QED) is 0.835. The minimum atomic E-state index is 0.380. The van der Waals surface area contributed by atoms with E-state index in [4.69, 9.17) is 5.73 Å². The van der Waals surface area contributed by atoms with E-state index in [1.54, 1.807) is 0 Å². The van der Waals surface area contributed by atoms with Crippen LogP contribution < -0.4 is 5.73 Å². The van der Waals surface area contributed by atoms with Crippen molar-refractivity contribution in [3.05, 3.63) is 0 Å². The van der Waals surface area contributed by atoms with Gasteiger partial charge in [-0.3, -0.25) is 4.79 Å². The summed E-state index contributed by atoms with van der Waals surface area (Å²) in [7, 11) is 0. The van der Waals surface area contributed by atoms with Crippen molar-refractivity contribution in [1.82, 2.24) is 4.90 Å². The first kappa shape index (κ1) is 13.9. The molecule has 2 rings (SSSR count). The molecule has 0 bridgehead atoms. The molecule has 1 saturated carbocycles. The molecule has 1 aliphatic heterocycles. The first-order valence-electron chi connectivity index (χ1n) is 7.72. The van der Waals surface area contributed by atoms with E-state index < -0.39 is 0 Å². The summed E-state index contributed by atoms with van der Waals surface area (Å²) in [5.74, 6) is 1.82. The van der Waals surface area contributed by atoms with Crippen molar-refractivity contribution in [3.63, 3.8) is 0 Å². The molecule has 1 saturated heterocycles. The predicted molar refractivity (Wildman–Crippen MR) is 74.1 cm³/mol. The van der Waals surface area contributed by atoms with Gasteiger partial charge < -0.3 is 10.6 Å². The average Bonchev–Trinajstić information content (AvgIpc) is 2.85. The Hall–Kier alpha value is -0.570. The summed E-state index contributed by atoms with van der Waals surface area (Å²) in [4.78, 5) is 14.2. The SMILES string of the molecule is CCC1CCN(C(=O)CCC2CCCC(N)C2)C1. The first-order chi connectivity index (χ1) is 8.69. The van der Waals surface area contributed by atoms with Crippen molar-refractivity contribution in [3.8, 4) is 0 Å². The third-order valence-electron chi connectivity index (χ3n) is 4.81. The fraction of sp³-hybridized carbons (Fsp3) is 0.933. The molecule has 2 aliphatic rings. The summed E-state index contributed by atoms with van der Waals surface area (Å²) >= 11 is 0. The molecule has 0 radical (unpaired) electrons. The van der Waals surface area contributed by atoms with Gasteiger partial charge >= 0.3 is 0 Å². The Kier molecular flexibility index (Phi) is 5.04. The minimum absolute atomic E-state index is 0.380. The van der Waals surface area contributed by atoms with Crippen molar-refractivity contribution >= 4 is 5.91 Å². The molecule has 2 N–H and O–H groups in total. The molecule has 104 valence electrons. The lowest BCUT2D eigenvalue weighted by Gasteiger charge is -2.27. The Morgan fingerprint density at radius 1 is 1.28 bits per heavy atom. The van der Waals surface area contributed by atoms with E-state index in [2.05, 4.69) is 11.8 Å². The lowest BCUT2D eigenvalue weighted by atomic mass is 9.83. The normalized spacial score (nSPS) is 32.8. The van der Waals surface area contributed by atoms with Crippen LogP contribution in [0.5, 0.6) is 0 Å². The molecule has 1 aliphatic carbocycles. The number of nitrogens with two attached hydrogens (primary N) is 1. The maximum absolute atomic E-state index is 12.1. The van der Waals surface area contributed by atoms with E-state index in [9.17, 15) is 4.79 Å². The van der Waals surface area contributed by atoms with Crippen LogP contribution in [0.3, 0.4) is 0 Å². The Morgan fingerprint density at radius 2 is 2.11 bits per heavy atom. The van der Waals surface area contributed by atoms with Gasteiger partial charge in [-0.1, -0.05) is 26.2 Å². The van der Waals surface area contributed by atoms with Gasteiger partial charge in [0.05, 0.1) is 0 Å². The summed E-state index contributed by atoms with van der Waals surface area (Å²) < 4.78 is 0. The summed E-state index contributed by atoms with van der Waals surface area (Å²) in [5.41, 5.74) is 5.99. The average molecular weight is 252 g/mol. The smallest absolute Gasteiger partial charge is 0.222 e. The maximum atomic E-state index is 12.1. The molecule has 3 atom stereocenters. The van der Waals surface area contributed by atoms with E-state index >= 15 is 0 Å². The number of nitrogens with zero attached hydrogens (tertiary/aromatic N) is 1. The number of carbonyl (C=O) groups excluding carboxylic acids is 1. The van der Waals surface area contributed by atoms with Crippen molar-refractivity contribution < 1.29 is 4.79 Å². The van der Waals surface area contributed by atoms with Gasteiger partial charge in [0.2, 0.25) is 5.91 Å². The molecule has 1 heterocycles. The third-order valence-corrected chi connectivity index (χ3v) is 4.81. The minimum Gasteiger partial charge on any atom is -0.342 e. The van der Waals surface area contributed by atoms with E-state index in [0.717, 1.165) is 38.3 Å². The van der Waals surface area contributed by atoms with Gasteiger partial charge in [0, 0.05) is 25.6 Å². The highest BCUT2D eigenvalue weighted by Gasteiger charge is 2.26. The van der Waals surface area contributed by atoms with Crippen LogP contribution in [0, 0.1) is 11.8 Å². The van der Waals surface area contributed by atoms with Gasteiger partial charge in [0.15, 0.2) is 0 Å². The molecule has 3 unspecified atom stereocenters. The summed E-state index contributed by atoms with van der Waals surface area (Å²) in [5, 5.41) is 0. The fourth-order valence-electron chi connectivity index (χ4n) is 3.47. The van der Waals surface area contributed by atoms with Crippen LogP contribution in [-0.4, -0.2) is 29.9 Å². The van der Waals surface area contributed by atoms with Gasteiger partial charge in [0.25, 0.3) is 0 Å². The molecule has 0 aromatic rings. The largest absolute Gasteiger partial charge is 0.342 e. The van der Waals surface area contributed by atoms with Gasteiger partial charge in [-0.2, -0.15) is 0 Å². The third kappa shape index (κ3) is 3.71. The Balaban J connectivity index is 1.68. The van der Waals surface area contributed by atoms with E-state index in [1.165, 1.54) is 32.1 Å². The van der Waals surface area contributed by atoms with Crippen molar-refractivity contribution in [2.45, 2.75) is 64.3 Å². The predicted octanol–water partition coefficient (Wildman–Crippen LogP) is 2.54. The zero-order valence-electron chi connectivity index (χ0n) is 11.7. The summed E-state index contributed by atoms with van der Waals surface area (Å²) in [6, 6.07) is 0.384. The number of amides is 1. The van der Waals surface area contributed by atoms with Crippen LogP contribution in [0.1, 0.15) is 58.3 Å². The molecule has 1 amide bonds. The van der Waals surface area contributed by atoms with Gasteiger partial charge in [-0.15, -0.1) is 0 Å². The highest BCUT2D eigenvalue weighted by atomic mass is 16.2. The Bertz CT molecular complexity index is 280. The summed E-state index contributed by atoms with van der Waals surface area (Å²) in [6.45, 7) is 4.21. The number of hydrogen-bond donors (Lipinski definition) is 1. The summed E-state index contributed by atoms with van der Waals surface area (Å²) in [6.07, 6.45) is 9.05. The number of hydrogen-bond acceptors (Lipinski definition) is 2. The van der Waals surface area contributed by atoms with Crippen molar-refractivity contribution in [1.29, 1.82) is 0 Å². The van der Waals surface area contributed by atoms with Crippen molar-refractivity contribution in [2.24, 2.45) is 17.6 Å². The molecule has 2 fully saturated rings. The lowest BCUT2D eigenvalue weighted by molar-refractivity contribution is -0.130. The monoisotopic (exact) mass is 252 g/mol. The molecule has 3 heteroatoms. The van der Waals surface area contributed by atoms with Crippen molar-refractivity contribution in [2.75, 3.05) is 13.1 Å². The van der Waals surface area contributed by atoms with Crippen LogP contribution in [0.25, 0.3) is 0 Å². The molecule has 0 spiro atoms. The lowest BCUT2D eigenvalue weighted by Crippen LogP contribution is -2.31. The molecule has 0 aromatic heterocycles. The standard InChI is InChI=1S/C15H28N2O/c1-2-12-8-9-17(11-12)15(18)7-6-13-4-3-5-14(16)10-13/h12-14H,2-11,16H2,1H3. The van der Waals surface area contributed by atoms with Crippen LogP contribution in [0.15, 0.2) is 0 Å². The zero-order chi connectivity index (χ0) is 13.0.